The standard InChI is InChI=1S/C31H49N5O3/c1-34-13-4-7-22(34)10-12-33-31(38)24-18-36-26-15-19-5-2-3-6-20(19)16-27(26)39-30-25(35-14-11-21(32)17-35)9-8-23(28(30)36)29(24)37/h18-23,25-28,30H,2-17,32H2,1H3,(H,33,38). The number of carbonyl (C=O) groups is 2. The summed E-state index contributed by atoms with van der Waals surface area (Å²) in [5.41, 5.74) is 6.72. The first kappa shape index (κ1) is 26.4. The molecule has 7 rings (SSSR count). The lowest BCUT2D eigenvalue weighted by Crippen LogP contribution is -2.71. The van der Waals surface area contributed by atoms with Crippen LogP contribution in [-0.2, 0) is 14.3 Å². The molecule has 8 heteroatoms. The molecule has 3 aliphatic carbocycles. The summed E-state index contributed by atoms with van der Waals surface area (Å²) in [5, 5.41) is 3.14. The molecule has 10 unspecified atom stereocenters. The van der Waals surface area contributed by atoms with Crippen LogP contribution in [0.25, 0.3) is 0 Å². The first-order valence-electron chi connectivity index (χ1n) is 16.1. The van der Waals surface area contributed by atoms with Gasteiger partial charge in [0.2, 0.25) is 0 Å². The predicted octanol–water partition coefficient (Wildman–Crippen LogP) is 2.27. The molecule has 39 heavy (non-hydrogen) atoms. The summed E-state index contributed by atoms with van der Waals surface area (Å²) in [6, 6.07) is 1.40. The number of amides is 1. The van der Waals surface area contributed by atoms with Gasteiger partial charge < -0.3 is 25.6 Å². The molecule has 3 saturated heterocycles. The Morgan fingerprint density at radius 1 is 1.03 bits per heavy atom. The molecule has 0 spiro atoms. The molecule has 8 nitrogen and oxygen atoms in total. The molecule has 0 aromatic heterocycles. The lowest BCUT2D eigenvalue weighted by Gasteiger charge is -2.61. The van der Waals surface area contributed by atoms with Gasteiger partial charge in [-0.3, -0.25) is 14.5 Å². The summed E-state index contributed by atoms with van der Waals surface area (Å²) in [5.74, 6) is 1.24. The molecule has 0 radical (unpaired) electrons. The largest absolute Gasteiger partial charge is 0.369 e. The molecule has 10 atom stereocenters. The van der Waals surface area contributed by atoms with E-state index < -0.39 is 0 Å². The van der Waals surface area contributed by atoms with Gasteiger partial charge in [-0.1, -0.05) is 25.7 Å². The van der Waals surface area contributed by atoms with Crippen molar-refractivity contribution in [1.82, 2.24) is 20.0 Å². The van der Waals surface area contributed by atoms with Crippen molar-refractivity contribution in [3.05, 3.63) is 11.8 Å². The van der Waals surface area contributed by atoms with Crippen LogP contribution in [0.1, 0.15) is 77.0 Å². The maximum atomic E-state index is 13.9. The van der Waals surface area contributed by atoms with Gasteiger partial charge in [-0.05, 0) is 76.8 Å². The Morgan fingerprint density at radius 2 is 1.85 bits per heavy atom. The number of carbonyl (C=O) groups excluding carboxylic acids is 2. The summed E-state index contributed by atoms with van der Waals surface area (Å²) < 4.78 is 7.11. The first-order valence-corrected chi connectivity index (χ1v) is 16.1. The number of likely N-dealkylation sites (tertiary alicyclic amines) is 2. The van der Waals surface area contributed by atoms with Crippen LogP contribution in [0.5, 0.6) is 0 Å². The highest BCUT2D eigenvalue weighted by molar-refractivity contribution is 6.20. The Balaban J connectivity index is 1.15. The van der Waals surface area contributed by atoms with E-state index in [-0.39, 0.29) is 47.9 Å². The molecular formula is C31H49N5O3. The van der Waals surface area contributed by atoms with Gasteiger partial charge >= 0.3 is 0 Å². The number of hydrogen-bond acceptors (Lipinski definition) is 7. The summed E-state index contributed by atoms with van der Waals surface area (Å²) in [6.07, 6.45) is 16.0. The van der Waals surface area contributed by atoms with Crippen molar-refractivity contribution in [2.75, 3.05) is 33.2 Å². The maximum absolute atomic E-state index is 13.9. The lowest BCUT2D eigenvalue weighted by atomic mass is 9.65. The third-order valence-corrected chi connectivity index (χ3v) is 11.8. The van der Waals surface area contributed by atoms with Crippen molar-refractivity contribution in [1.29, 1.82) is 0 Å². The van der Waals surface area contributed by atoms with Crippen LogP contribution in [0.3, 0.4) is 0 Å². The van der Waals surface area contributed by atoms with Crippen molar-refractivity contribution in [2.45, 2.75) is 119 Å². The van der Waals surface area contributed by atoms with E-state index in [9.17, 15) is 9.59 Å². The number of morpholine rings is 1. The van der Waals surface area contributed by atoms with Crippen LogP contribution in [0.15, 0.2) is 11.8 Å². The molecule has 216 valence electrons. The Kier molecular flexibility index (Phi) is 7.27. The van der Waals surface area contributed by atoms with E-state index in [4.69, 9.17) is 10.5 Å². The number of nitrogens with zero attached hydrogens (tertiary/aromatic N) is 3. The first-order chi connectivity index (χ1) is 19.0. The summed E-state index contributed by atoms with van der Waals surface area (Å²) in [7, 11) is 2.17. The fraction of sp³-hybridized carbons (Fsp3) is 0.871. The van der Waals surface area contributed by atoms with E-state index in [0.29, 0.717) is 24.2 Å². The smallest absolute Gasteiger partial charge is 0.256 e. The minimum atomic E-state index is -0.169. The van der Waals surface area contributed by atoms with Gasteiger partial charge in [0.05, 0.1) is 29.9 Å². The quantitative estimate of drug-likeness (QED) is 0.518. The number of ether oxygens (including phenoxy) is 1. The molecule has 1 amide bonds. The van der Waals surface area contributed by atoms with Gasteiger partial charge in [0.25, 0.3) is 5.91 Å². The molecule has 0 bridgehead atoms. The monoisotopic (exact) mass is 539 g/mol. The van der Waals surface area contributed by atoms with Crippen molar-refractivity contribution in [3.8, 4) is 0 Å². The molecule has 0 aromatic carbocycles. The van der Waals surface area contributed by atoms with Gasteiger partial charge in [0.1, 0.15) is 0 Å². The van der Waals surface area contributed by atoms with Crippen LogP contribution in [0, 0.1) is 17.8 Å². The molecule has 4 heterocycles. The number of nitrogens with one attached hydrogen (secondary N) is 1. The van der Waals surface area contributed by atoms with E-state index in [1.165, 1.54) is 38.5 Å². The number of rotatable bonds is 5. The van der Waals surface area contributed by atoms with Crippen LogP contribution < -0.4 is 11.1 Å². The van der Waals surface area contributed by atoms with Crippen LogP contribution in [0.4, 0.5) is 0 Å². The second-order valence-electron chi connectivity index (χ2n) is 13.9. The fourth-order valence-electron chi connectivity index (χ4n) is 9.75. The fourth-order valence-corrected chi connectivity index (χ4v) is 9.75. The molecule has 3 N–H and O–H groups in total. The highest BCUT2D eigenvalue weighted by Gasteiger charge is 2.58. The number of nitrogens with two attached hydrogens (primary N) is 1. The Hall–Kier alpha value is -1.48. The van der Waals surface area contributed by atoms with E-state index in [1.807, 2.05) is 6.20 Å². The normalized spacial score (nSPS) is 44.4. The minimum Gasteiger partial charge on any atom is -0.369 e. The zero-order valence-corrected chi connectivity index (χ0v) is 23.8. The zero-order valence-electron chi connectivity index (χ0n) is 23.8. The Morgan fingerprint density at radius 3 is 2.59 bits per heavy atom. The molecule has 7 aliphatic rings. The van der Waals surface area contributed by atoms with E-state index >= 15 is 0 Å². The third-order valence-electron chi connectivity index (χ3n) is 11.8. The highest BCUT2D eigenvalue weighted by Crippen LogP contribution is 2.50. The predicted molar refractivity (Wildman–Crippen MR) is 150 cm³/mol. The number of fused-ring (bicyclic) bond motifs is 3. The average Bonchev–Trinajstić information content (AvgIpc) is 3.56. The summed E-state index contributed by atoms with van der Waals surface area (Å²) in [6.45, 7) is 3.72. The maximum Gasteiger partial charge on any atom is 0.256 e. The number of ketones is 1. The summed E-state index contributed by atoms with van der Waals surface area (Å²) >= 11 is 0. The summed E-state index contributed by atoms with van der Waals surface area (Å²) in [4.78, 5) is 34.9. The van der Waals surface area contributed by atoms with Gasteiger partial charge in [-0.15, -0.1) is 0 Å². The van der Waals surface area contributed by atoms with Gasteiger partial charge in [-0.25, -0.2) is 0 Å². The topological polar surface area (TPSA) is 91.1 Å². The van der Waals surface area contributed by atoms with Crippen molar-refractivity contribution < 1.29 is 14.3 Å². The number of hydrogen-bond donors (Lipinski definition) is 2. The second kappa shape index (κ2) is 10.7. The third kappa shape index (κ3) is 4.77. The molecule has 3 saturated carbocycles. The van der Waals surface area contributed by atoms with E-state index in [1.54, 1.807) is 0 Å². The van der Waals surface area contributed by atoms with Crippen molar-refractivity contribution in [3.63, 3.8) is 0 Å². The van der Waals surface area contributed by atoms with Gasteiger partial charge in [-0.2, -0.15) is 0 Å². The molecule has 6 fully saturated rings. The number of Topliss-reactive ketones (excluding diaryl/α,β-unsaturated/α-hetero) is 1. The van der Waals surface area contributed by atoms with Crippen LogP contribution in [0.2, 0.25) is 0 Å². The molecule has 0 aromatic rings. The van der Waals surface area contributed by atoms with E-state index in [2.05, 4.69) is 27.1 Å². The van der Waals surface area contributed by atoms with Crippen molar-refractivity contribution >= 4 is 11.7 Å². The second-order valence-corrected chi connectivity index (χ2v) is 13.9. The minimum absolute atomic E-state index is 0.0122. The van der Waals surface area contributed by atoms with Gasteiger partial charge in [0, 0.05) is 49.9 Å². The van der Waals surface area contributed by atoms with Crippen molar-refractivity contribution in [2.24, 2.45) is 23.5 Å². The Labute approximate surface area is 234 Å². The highest BCUT2D eigenvalue weighted by atomic mass is 16.5. The van der Waals surface area contributed by atoms with Crippen LogP contribution >= 0.6 is 0 Å². The van der Waals surface area contributed by atoms with Gasteiger partial charge in [0.15, 0.2) is 5.78 Å². The van der Waals surface area contributed by atoms with E-state index in [0.717, 1.165) is 70.0 Å². The SMILES string of the molecule is CN1CCCC1CCNC(=O)C1=CN2C3CC4CCCCC4CC3OC3C(N4CCC(N)C4)CCC(C1=O)C32. The molecule has 4 aliphatic heterocycles. The zero-order chi connectivity index (χ0) is 26.7. The molecular weight excluding hydrogens is 490 g/mol. The Bertz CT molecular complexity index is 987. The lowest BCUT2D eigenvalue weighted by molar-refractivity contribution is -0.210. The van der Waals surface area contributed by atoms with Crippen LogP contribution in [-0.4, -0.2) is 102 Å². The average molecular weight is 540 g/mol.